The van der Waals surface area contributed by atoms with Gasteiger partial charge in [-0.1, -0.05) is 29.8 Å². The quantitative estimate of drug-likeness (QED) is 0.500. The summed E-state index contributed by atoms with van der Waals surface area (Å²) in [6.07, 6.45) is -2.19. The summed E-state index contributed by atoms with van der Waals surface area (Å²) in [6.45, 7) is 3.95. The van der Waals surface area contributed by atoms with Crippen molar-refractivity contribution >= 4 is 16.1 Å². The van der Waals surface area contributed by atoms with Crippen molar-refractivity contribution in [1.82, 2.24) is 5.32 Å². The fraction of sp³-hybridized carbons (Fsp3) is 0.409. The van der Waals surface area contributed by atoms with Gasteiger partial charge >= 0.3 is 12.1 Å². The maximum atomic E-state index is 12.5. The Labute approximate surface area is 185 Å². The lowest BCUT2D eigenvalue weighted by Gasteiger charge is -2.14. The Bertz CT molecular complexity index is 990. The molecule has 1 heterocycles. The van der Waals surface area contributed by atoms with Crippen LogP contribution in [0.25, 0.3) is 0 Å². The molecule has 0 saturated carbocycles. The molecule has 176 valence electrons. The first-order valence-electron chi connectivity index (χ1n) is 10.0. The fourth-order valence-electron chi connectivity index (χ4n) is 3.23. The standard InChI is InChI=1S/C15H18F3NO2.C7H8O3S/c1-2-21-14(20)13-8-7-12(19-13)9-10-3-5-11(6-4-10)15(16,17)18;1-6-2-4-7(5-3-6)11(8,9)10/h3-6,12-13,19H,2,7-9H2,1H3;2-5H,1H3,(H,8,9,10)/t12-,13+;/m1./s1. The number of esters is 1. The topological polar surface area (TPSA) is 92.7 Å². The average molecular weight is 474 g/mol. The highest BCUT2D eigenvalue weighted by Gasteiger charge is 2.31. The van der Waals surface area contributed by atoms with Gasteiger partial charge in [0.1, 0.15) is 6.04 Å². The van der Waals surface area contributed by atoms with Gasteiger partial charge in [-0.2, -0.15) is 21.6 Å². The van der Waals surface area contributed by atoms with Gasteiger partial charge in [0.2, 0.25) is 0 Å². The molecule has 0 unspecified atom stereocenters. The predicted octanol–water partition coefficient (Wildman–Crippen LogP) is 4.17. The Kier molecular flexibility index (Phi) is 8.82. The number of carbonyl (C=O) groups excluding carboxylic acids is 1. The lowest BCUT2D eigenvalue weighted by Crippen LogP contribution is -2.37. The van der Waals surface area contributed by atoms with Gasteiger partial charge in [-0.15, -0.1) is 0 Å². The first-order valence-corrected chi connectivity index (χ1v) is 11.5. The highest BCUT2D eigenvalue weighted by molar-refractivity contribution is 7.85. The van der Waals surface area contributed by atoms with Gasteiger partial charge in [-0.25, -0.2) is 0 Å². The van der Waals surface area contributed by atoms with Crippen LogP contribution in [0.3, 0.4) is 0 Å². The van der Waals surface area contributed by atoms with E-state index < -0.39 is 21.9 Å². The van der Waals surface area contributed by atoms with Crippen molar-refractivity contribution in [3.63, 3.8) is 0 Å². The number of rotatable bonds is 5. The van der Waals surface area contributed by atoms with Crippen molar-refractivity contribution in [2.75, 3.05) is 6.61 Å². The highest BCUT2D eigenvalue weighted by atomic mass is 32.2. The third-order valence-electron chi connectivity index (χ3n) is 4.89. The van der Waals surface area contributed by atoms with Crippen LogP contribution in [0.1, 0.15) is 36.5 Å². The molecule has 2 aromatic carbocycles. The van der Waals surface area contributed by atoms with E-state index in [0.717, 1.165) is 29.7 Å². The molecule has 1 saturated heterocycles. The minimum atomic E-state index is -4.31. The van der Waals surface area contributed by atoms with Crippen molar-refractivity contribution in [3.8, 4) is 0 Å². The van der Waals surface area contributed by atoms with Crippen LogP contribution in [0, 0.1) is 6.92 Å². The molecule has 2 atom stereocenters. The summed E-state index contributed by atoms with van der Waals surface area (Å²) in [5, 5.41) is 3.17. The molecule has 1 aliphatic heterocycles. The van der Waals surface area contributed by atoms with E-state index in [1.165, 1.54) is 24.3 Å². The SMILES string of the molecule is CCOC(=O)[C@@H]1CC[C@H](Cc2ccc(C(F)(F)F)cc2)N1.Cc1ccc(S(=O)(=O)O)cc1. The van der Waals surface area contributed by atoms with Crippen LogP contribution in [0.15, 0.2) is 53.4 Å². The van der Waals surface area contributed by atoms with Gasteiger partial charge in [-0.3, -0.25) is 9.35 Å². The molecule has 1 fully saturated rings. The zero-order valence-electron chi connectivity index (χ0n) is 17.7. The lowest BCUT2D eigenvalue weighted by atomic mass is 10.0. The molecule has 0 spiro atoms. The van der Waals surface area contributed by atoms with Crippen molar-refractivity contribution in [1.29, 1.82) is 0 Å². The second-order valence-electron chi connectivity index (χ2n) is 7.43. The van der Waals surface area contributed by atoms with Gasteiger partial charge in [0.05, 0.1) is 17.1 Å². The monoisotopic (exact) mass is 473 g/mol. The van der Waals surface area contributed by atoms with Crippen LogP contribution in [0.4, 0.5) is 13.2 Å². The average Bonchev–Trinajstić information content (AvgIpc) is 3.17. The summed E-state index contributed by atoms with van der Waals surface area (Å²) in [7, 11) is -4.02. The van der Waals surface area contributed by atoms with E-state index in [4.69, 9.17) is 9.29 Å². The summed E-state index contributed by atoms with van der Waals surface area (Å²) < 4.78 is 71.9. The Hall–Kier alpha value is -2.43. The van der Waals surface area contributed by atoms with Crippen LogP contribution in [-0.4, -0.2) is 37.6 Å². The first-order chi connectivity index (χ1) is 14.9. The van der Waals surface area contributed by atoms with Crippen LogP contribution in [0.5, 0.6) is 0 Å². The van der Waals surface area contributed by atoms with Gasteiger partial charge in [0.25, 0.3) is 10.1 Å². The van der Waals surface area contributed by atoms with Crippen LogP contribution < -0.4 is 5.32 Å². The third-order valence-corrected chi connectivity index (χ3v) is 5.76. The molecule has 2 aromatic rings. The highest BCUT2D eigenvalue weighted by Crippen LogP contribution is 2.29. The van der Waals surface area contributed by atoms with E-state index in [1.54, 1.807) is 19.1 Å². The minimum Gasteiger partial charge on any atom is -0.465 e. The Morgan fingerprint density at radius 2 is 1.69 bits per heavy atom. The molecule has 0 aromatic heterocycles. The molecule has 32 heavy (non-hydrogen) atoms. The van der Waals surface area contributed by atoms with Crippen LogP contribution in [0.2, 0.25) is 0 Å². The predicted molar refractivity (Wildman–Crippen MR) is 113 cm³/mol. The fourth-order valence-corrected chi connectivity index (χ4v) is 3.71. The number of halogens is 3. The molecule has 0 radical (unpaired) electrons. The number of carbonyl (C=O) groups is 1. The maximum Gasteiger partial charge on any atom is 0.416 e. The van der Waals surface area contributed by atoms with Crippen molar-refractivity contribution in [3.05, 3.63) is 65.2 Å². The van der Waals surface area contributed by atoms with E-state index in [1.807, 2.05) is 6.92 Å². The van der Waals surface area contributed by atoms with Crippen molar-refractivity contribution < 1.29 is 35.7 Å². The molecule has 2 N–H and O–H groups in total. The molecule has 0 amide bonds. The van der Waals surface area contributed by atoms with Gasteiger partial charge < -0.3 is 10.1 Å². The summed E-state index contributed by atoms with van der Waals surface area (Å²) in [6, 6.07) is 10.9. The zero-order chi connectivity index (χ0) is 23.9. The van der Waals surface area contributed by atoms with Gasteiger partial charge in [0.15, 0.2) is 0 Å². The van der Waals surface area contributed by atoms with E-state index in [9.17, 15) is 26.4 Å². The third kappa shape index (κ3) is 7.92. The molecule has 0 bridgehead atoms. The number of alkyl halides is 3. The second kappa shape index (κ2) is 10.9. The van der Waals surface area contributed by atoms with Gasteiger partial charge in [-0.05, 0) is 62.9 Å². The van der Waals surface area contributed by atoms with Crippen molar-refractivity contribution in [2.24, 2.45) is 0 Å². The van der Waals surface area contributed by atoms with E-state index in [0.29, 0.717) is 19.4 Å². The van der Waals surface area contributed by atoms with E-state index in [-0.39, 0.29) is 22.9 Å². The second-order valence-corrected chi connectivity index (χ2v) is 8.85. The zero-order valence-corrected chi connectivity index (χ0v) is 18.5. The molecular formula is C22H26F3NO5S. The molecular weight excluding hydrogens is 447 g/mol. The smallest absolute Gasteiger partial charge is 0.416 e. The first kappa shape index (κ1) is 25.8. The summed E-state index contributed by atoms with van der Waals surface area (Å²) in [5.74, 6) is -0.257. The number of hydrogen-bond donors (Lipinski definition) is 2. The molecule has 1 aliphatic rings. The molecule has 10 heteroatoms. The lowest BCUT2D eigenvalue weighted by molar-refractivity contribution is -0.145. The Morgan fingerprint density at radius 1 is 1.09 bits per heavy atom. The number of benzene rings is 2. The summed E-state index contributed by atoms with van der Waals surface area (Å²) >= 11 is 0. The number of ether oxygens (including phenoxy) is 1. The number of aryl methyl sites for hydroxylation is 1. The largest absolute Gasteiger partial charge is 0.465 e. The van der Waals surface area contributed by atoms with Crippen molar-refractivity contribution in [2.45, 2.75) is 56.3 Å². The number of nitrogens with one attached hydrogen (secondary N) is 1. The minimum absolute atomic E-state index is 0.0666. The number of hydrogen-bond acceptors (Lipinski definition) is 5. The molecule has 0 aliphatic carbocycles. The Morgan fingerprint density at radius 3 is 2.19 bits per heavy atom. The van der Waals surface area contributed by atoms with Gasteiger partial charge in [0, 0.05) is 6.04 Å². The summed E-state index contributed by atoms with van der Waals surface area (Å²) in [4.78, 5) is 11.5. The van der Waals surface area contributed by atoms with Crippen LogP contribution >= 0.6 is 0 Å². The summed E-state index contributed by atoms with van der Waals surface area (Å²) in [5.41, 5.74) is 1.14. The molecule has 6 nitrogen and oxygen atoms in total. The molecule has 3 rings (SSSR count). The van der Waals surface area contributed by atoms with E-state index >= 15 is 0 Å². The van der Waals surface area contributed by atoms with E-state index in [2.05, 4.69) is 5.32 Å². The maximum absolute atomic E-state index is 12.5. The Balaban J connectivity index is 0.000000278. The van der Waals surface area contributed by atoms with Crippen LogP contribution in [-0.2, 0) is 32.2 Å². The normalized spacial score (nSPS) is 18.6.